The molecule has 2 atom stereocenters. The molecule has 1 aromatic rings. The van der Waals surface area contributed by atoms with Crippen molar-refractivity contribution in [1.29, 1.82) is 0 Å². The van der Waals surface area contributed by atoms with Gasteiger partial charge in [0.2, 0.25) is 0 Å². The quantitative estimate of drug-likeness (QED) is 0.512. The van der Waals surface area contributed by atoms with Gasteiger partial charge in [-0.25, -0.2) is 8.42 Å². The first-order chi connectivity index (χ1) is 13.1. The van der Waals surface area contributed by atoms with Crippen molar-refractivity contribution in [2.24, 2.45) is 0 Å². The molecule has 2 aliphatic rings. The lowest BCUT2D eigenvalue weighted by Gasteiger charge is -2.31. The van der Waals surface area contributed by atoms with Gasteiger partial charge >= 0.3 is 7.12 Å². The van der Waals surface area contributed by atoms with Gasteiger partial charge in [-0.2, -0.15) is 0 Å². The predicted molar refractivity (Wildman–Crippen MR) is 110 cm³/mol. The van der Waals surface area contributed by atoms with Crippen LogP contribution in [0.3, 0.4) is 0 Å². The van der Waals surface area contributed by atoms with E-state index in [0.717, 1.165) is 22.3 Å². The van der Waals surface area contributed by atoms with Gasteiger partial charge in [-0.1, -0.05) is 11.6 Å². The highest BCUT2D eigenvalue weighted by Crippen LogP contribution is 2.39. The van der Waals surface area contributed by atoms with E-state index in [4.69, 9.17) is 4.65 Å². The molecule has 1 aromatic carbocycles. The molecule has 0 bridgehead atoms. The Hall–Kier alpha value is -1.61. The summed E-state index contributed by atoms with van der Waals surface area (Å²) in [5.74, 6) is 0.146. The molecule has 0 unspecified atom stereocenters. The molecule has 8 heteroatoms. The van der Waals surface area contributed by atoms with Gasteiger partial charge < -0.3 is 19.9 Å². The highest BCUT2D eigenvalue weighted by molar-refractivity contribution is 7.92. The average molecular weight is 406 g/mol. The largest absolute Gasteiger partial charge is 0.507 e. The Labute approximate surface area is 166 Å². The van der Waals surface area contributed by atoms with E-state index < -0.39 is 28.3 Å². The molecule has 0 amide bonds. The van der Waals surface area contributed by atoms with Crippen molar-refractivity contribution in [3.05, 3.63) is 45.5 Å². The van der Waals surface area contributed by atoms with Crippen molar-refractivity contribution in [1.82, 2.24) is 0 Å². The zero-order chi connectivity index (χ0) is 20.6. The van der Waals surface area contributed by atoms with E-state index in [1.807, 2.05) is 39.0 Å². The van der Waals surface area contributed by atoms with Crippen LogP contribution >= 0.6 is 0 Å². The Bertz CT molecular complexity index is 911. The van der Waals surface area contributed by atoms with Gasteiger partial charge in [0, 0.05) is 6.32 Å². The van der Waals surface area contributed by atoms with Crippen LogP contribution in [0.15, 0.2) is 28.9 Å². The van der Waals surface area contributed by atoms with Crippen LogP contribution in [-0.2, 0) is 14.5 Å². The third-order valence-corrected chi connectivity index (χ3v) is 7.63. The third kappa shape index (κ3) is 4.20. The Balaban J connectivity index is 1.77. The standard InChI is InChI=1S/C20H27BO6S/c1-12(6-15-7-13(2)20(23)14(3)8-15)4-5-17-19-16(10-22)11-28(25,26)18(19)9-21(24)27-17/h6-8,17-18,22-24H,4-5,9-11H2,1-3H3/b12-6+/t17-,18+/m1/s1. The van der Waals surface area contributed by atoms with Gasteiger partial charge in [-0.05, 0) is 73.6 Å². The summed E-state index contributed by atoms with van der Waals surface area (Å²) in [4.78, 5) is 0. The van der Waals surface area contributed by atoms with Crippen LogP contribution in [0.4, 0.5) is 0 Å². The highest BCUT2D eigenvalue weighted by Gasteiger charge is 2.48. The number of aliphatic hydroxyl groups is 1. The molecule has 6 nitrogen and oxygen atoms in total. The molecular formula is C20H27BO6S. The van der Waals surface area contributed by atoms with E-state index in [1.54, 1.807) is 0 Å². The molecule has 1 fully saturated rings. The fraction of sp³-hybridized carbons (Fsp3) is 0.500. The van der Waals surface area contributed by atoms with Gasteiger partial charge in [0.05, 0.1) is 23.7 Å². The van der Waals surface area contributed by atoms with Crippen LogP contribution in [0, 0.1) is 13.8 Å². The molecular weight excluding hydrogens is 379 g/mol. The van der Waals surface area contributed by atoms with E-state index in [0.29, 0.717) is 29.7 Å². The first-order valence-corrected chi connectivity index (χ1v) is 11.2. The Kier molecular flexibility index (Phi) is 6.05. The van der Waals surface area contributed by atoms with Gasteiger partial charge in [0.1, 0.15) is 5.75 Å². The van der Waals surface area contributed by atoms with Crippen LogP contribution in [-0.4, -0.2) is 54.5 Å². The second kappa shape index (κ2) is 8.03. The molecule has 0 spiro atoms. The van der Waals surface area contributed by atoms with Crippen molar-refractivity contribution in [3.63, 3.8) is 0 Å². The lowest BCUT2D eigenvalue weighted by Crippen LogP contribution is -2.42. The Morgan fingerprint density at radius 2 is 1.96 bits per heavy atom. The molecule has 2 aliphatic heterocycles. The Morgan fingerprint density at radius 1 is 1.32 bits per heavy atom. The average Bonchev–Trinajstić information content (AvgIpc) is 2.88. The Morgan fingerprint density at radius 3 is 2.57 bits per heavy atom. The number of benzene rings is 1. The normalized spacial score (nSPS) is 24.6. The fourth-order valence-corrected chi connectivity index (χ4v) is 6.31. The van der Waals surface area contributed by atoms with Crippen LogP contribution in [0.1, 0.15) is 36.5 Å². The number of hydrogen-bond donors (Lipinski definition) is 3. The molecule has 1 saturated heterocycles. The summed E-state index contributed by atoms with van der Waals surface area (Å²) >= 11 is 0. The second-order valence-corrected chi connectivity index (χ2v) is 10.0. The van der Waals surface area contributed by atoms with Gasteiger partial charge in [0.15, 0.2) is 9.84 Å². The van der Waals surface area contributed by atoms with E-state index >= 15 is 0 Å². The second-order valence-electron chi connectivity index (χ2n) is 7.86. The van der Waals surface area contributed by atoms with Crippen LogP contribution < -0.4 is 0 Å². The zero-order valence-electron chi connectivity index (χ0n) is 16.5. The first-order valence-electron chi connectivity index (χ1n) is 9.47. The SMILES string of the molecule is C/C(=C\c1cc(C)c(O)c(C)c1)CC[C@H]1OB(O)C[C@H]2C1=C(CO)CS2(=O)=O. The smallest absolute Gasteiger partial charge is 0.456 e. The minimum atomic E-state index is -3.39. The lowest BCUT2D eigenvalue weighted by molar-refractivity contribution is 0.168. The van der Waals surface area contributed by atoms with Crippen molar-refractivity contribution in [2.75, 3.05) is 12.4 Å². The summed E-state index contributed by atoms with van der Waals surface area (Å²) in [6.45, 7) is 5.40. The molecule has 0 aromatic heterocycles. The van der Waals surface area contributed by atoms with Gasteiger partial charge in [0.25, 0.3) is 0 Å². The topological polar surface area (TPSA) is 104 Å². The predicted octanol–water partition coefficient (Wildman–Crippen LogP) is 2.16. The summed E-state index contributed by atoms with van der Waals surface area (Å²) in [7, 11) is -4.50. The molecule has 0 radical (unpaired) electrons. The summed E-state index contributed by atoms with van der Waals surface area (Å²) in [6.07, 6.45) is 2.73. The number of phenolic OH excluding ortho intramolecular Hbond substituents is 1. The number of phenols is 1. The first kappa shape index (κ1) is 21.1. The van der Waals surface area contributed by atoms with Crippen molar-refractivity contribution >= 4 is 23.0 Å². The maximum absolute atomic E-state index is 12.4. The van der Waals surface area contributed by atoms with E-state index in [1.165, 1.54) is 0 Å². The number of aryl methyl sites for hydroxylation is 2. The van der Waals surface area contributed by atoms with Crippen LogP contribution in [0.25, 0.3) is 6.08 Å². The van der Waals surface area contributed by atoms with Gasteiger partial charge in [-0.3, -0.25) is 0 Å². The van der Waals surface area contributed by atoms with E-state index in [2.05, 4.69) is 0 Å². The summed E-state index contributed by atoms with van der Waals surface area (Å²) in [5, 5.41) is 28.7. The monoisotopic (exact) mass is 406 g/mol. The molecule has 3 rings (SSSR count). The third-order valence-electron chi connectivity index (χ3n) is 5.57. The number of rotatable bonds is 5. The minimum Gasteiger partial charge on any atom is -0.507 e. The number of sulfone groups is 1. The maximum Gasteiger partial charge on any atom is 0.456 e. The number of aliphatic hydroxyl groups excluding tert-OH is 1. The number of aromatic hydroxyl groups is 1. The summed E-state index contributed by atoms with van der Waals surface area (Å²) < 4.78 is 30.4. The highest BCUT2D eigenvalue weighted by atomic mass is 32.2. The molecule has 2 heterocycles. The van der Waals surface area contributed by atoms with Crippen LogP contribution in [0.2, 0.25) is 6.32 Å². The lowest BCUT2D eigenvalue weighted by atomic mass is 9.74. The molecule has 0 aliphatic carbocycles. The van der Waals surface area contributed by atoms with E-state index in [9.17, 15) is 23.7 Å². The maximum atomic E-state index is 12.4. The number of fused-ring (bicyclic) bond motifs is 1. The van der Waals surface area contributed by atoms with Gasteiger partial charge in [-0.15, -0.1) is 0 Å². The molecule has 3 N–H and O–H groups in total. The summed E-state index contributed by atoms with van der Waals surface area (Å²) in [6, 6.07) is 3.83. The van der Waals surface area contributed by atoms with Crippen LogP contribution in [0.5, 0.6) is 5.75 Å². The minimum absolute atomic E-state index is 0.0263. The summed E-state index contributed by atoms with van der Waals surface area (Å²) in [5.41, 5.74) is 4.84. The number of hydrogen-bond acceptors (Lipinski definition) is 6. The van der Waals surface area contributed by atoms with Crippen molar-refractivity contribution in [3.8, 4) is 5.75 Å². The van der Waals surface area contributed by atoms with Crippen molar-refractivity contribution in [2.45, 2.75) is 51.3 Å². The van der Waals surface area contributed by atoms with E-state index in [-0.39, 0.29) is 18.7 Å². The molecule has 152 valence electrons. The molecule has 0 saturated carbocycles. The van der Waals surface area contributed by atoms with Crippen molar-refractivity contribution < 1.29 is 28.3 Å². The molecule has 28 heavy (non-hydrogen) atoms. The zero-order valence-corrected chi connectivity index (χ0v) is 17.3. The fourth-order valence-electron chi connectivity index (χ4n) is 4.21. The number of allylic oxidation sites excluding steroid dienone is 1.